The van der Waals surface area contributed by atoms with Gasteiger partial charge in [0.2, 0.25) is 0 Å². The Labute approximate surface area is 163 Å². The van der Waals surface area contributed by atoms with E-state index in [-0.39, 0.29) is 6.04 Å². The summed E-state index contributed by atoms with van der Waals surface area (Å²) >= 11 is 0. The Hall–Kier alpha value is -3.38. The van der Waals surface area contributed by atoms with Crippen molar-refractivity contribution in [2.45, 2.75) is 19.4 Å². The van der Waals surface area contributed by atoms with E-state index in [9.17, 15) is 0 Å². The molecule has 2 N–H and O–H groups in total. The molecule has 0 unspecified atom stereocenters. The number of aromatic nitrogens is 3. The number of nitrogens with zero attached hydrogens (tertiary/aromatic N) is 4. The number of nitrogen functional groups attached to an aromatic ring is 1. The van der Waals surface area contributed by atoms with E-state index < -0.39 is 0 Å². The normalized spacial score (nSPS) is 16.8. The maximum absolute atomic E-state index is 6.03. The van der Waals surface area contributed by atoms with Crippen LogP contribution in [0.1, 0.15) is 23.6 Å². The Bertz CT molecular complexity index is 1140. The zero-order chi connectivity index (χ0) is 19.1. The number of fused-ring (bicyclic) bond motifs is 1. The Morgan fingerprint density at radius 3 is 2.79 bits per heavy atom. The topological polar surface area (TPSA) is 68.7 Å². The molecule has 1 fully saturated rings. The second-order valence-electron chi connectivity index (χ2n) is 7.06. The van der Waals surface area contributed by atoms with Crippen LogP contribution in [0.15, 0.2) is 66.9 Å². The van der Waals surface area contributed by atoms with E-state index in [0.29, 0.717) is 12.4 Å². The molecular weight excluding hydrogens is 350 g/mol. The Balaban J connectivity index is 1.55. The van der Waals surface area contributed by atoms with Crippen LogP contribution in [0.3, 0.4) is 0 Å². The predicted molar refractivity (Wildman–Crippen MR) is 110 cm³/mol. The largest absolute Gasteiger partial charge is 0.382 e. The number of anilines is 2. The first kappa shape index (κ1) is 16.8. The average Bonchev–Trinajstić information content (AvgIpc) is 3.34. The lowest BCUT2D eigenvalue weighted by atomic mass is 10.0. The van der Waals surface area contributed by atoms with Crippen molar-refractivity contribution in [3.8, 4) is 11.3 Å². The minimum absolute atomic E-state index is 0.207. The maximum atomic E-state index is 6.03. The summed E-state index contributed by atoms with van der Waals surface area (Å²) < 4.78 is 1.71. The van der Waals surface area contributed by atoms with Crippen LogP contribution in [0.2, 0.25) is 0 Å². The van der Waals surface area contributed by atoms with Crippen LogP contribution in [-0.2, 0) is 4.84 Å². The molecule has 2 aromatic heterocycles. The molecule has 140 valence electrons. The minimum atomic E-state index is 0.207. The van der Waals surface area contributed by atoms with Crippen molar-refractivity contribution in [3.63, 3.8) is 0 Å². The molecule has 28 heavy (non-hydrogen) atoms. The molecule has 1 saturated heterocycles. The van der Waals surface area contributed by atoms with Crippen molar-refractivity contribution in [2.24, 2.45) is 0 Å². The zero-order valence-corrected chi connectivity index (χ0v) is 15.6. The fourth-order valence-corrected chi connectivity index (χ4v) is 3.75. The van der Waals surface area contributed by atoms with Gasteiger partial charge in [0.15, 0.2) is 5.65 Å². The van der Waals surface area contributed by atoms with Gasteiger partial charge in [-0.15, -0.1) is 0 Å². The van der Waals surface area contributed by atoms with E-state index in [1.165, 1.54) is 11.1 Å². The van der Waals surface area contributed by atoms with Gasteiger partial charge in [-0.05, 0) is 36.2 Å². The van der Waals surface area contributed by atoms with Gasteiger partial charge in [-0.25, -0.2) is 14.6 Å². The standard InChI is InChI=1S/C22H21N5O/c1-15-7-8-17(18-9-10-22-24-21(23)14-26(22)25-18)13-20(15)27-19(11-12-28-27)16-5-3-2-4-6-16/h2-10,13-14,19H,11-12,23H2,1H3/t19-/m0/s1. The molecule has 1 aliphatic rings. The average molecular weight is 371 g/mol. The van der Waals surface area contributed by atoms with Gasteiger partial charge in [-0.2, -0.15) is 5.10 Å². The fourth-order valence-electron chi connectivity index (χ4n) is 3.75. The third kappa shape index (κ3) is 2.88. The first-order valence-electron chi connectivity index (χ1n) is 9.39. The lowest BCUT2D eigenvalue weighted by molar-refractivity contribution is 0.158. The second kappa shape index (κ2) is 6.65. The molecular formula is C22H21N5O. The van der Waals surface area contributed by atoms with Gasteiger partial charge < -0.3 is 5.73 Å². The number of hydrogen-bond acceptors (Lipinski definition) is 5. The van der Waals surface area contributed by atoms with Crippen LogP contribution >= 0.6 is 0 Å². The highest BCUT2D eigenvalue weighted by molar-refractivity contribution is 5.69. The van der Waals surface area contributed by atoms with E-state index in [4.69, 9.17) is 10.6 Å². The molecule has 5 rings (SSSR count). The molecule has 0 saturated carbocycles. The Kier molecular flexibility index (Phi) is 3.98. The van der Waals surface area contributed by atoms with Crippen molar-refractivity contribution in [2.75, 3.05) is 17.4 Å². The van der Waals surface area contributed by atoms with Crippen LogP contribution in [-0.4, -0.2) is 21.2 Å². The van der Waals surface area contributed by atoms with E-state index in [2.05, 4.69) is 59.5 Å². The quantitative estimate of drug-likeness (QED) is 0.585. The van der Waals surface area contributed by atoms with E-state index >= 15 is 0 Å². The lowest BCUT2D eigenvalue weighted by Crippen LogP contribution is -2.22. The van der Waals surface area contributed by atoms with Gasteiger partial charge in [-0.1, -0.05) is 42.5 Å². The SMILES string of the molecule is Cc1ccc(-c2ccc3nc(N)cn3n2)cc1N1OCC[C@H]1c1ccccc1. The summed E-state index contributed by atoms with van der Waals surface area (Å²) in [6, 6.07) is 21.0. The van der Waals surface area contributed by atoms with Gasteiger partial charge in [0, 0.05) is 12.0 Å². The molecule has 0 spiro atoms. The fraction of sp³-hybridized carbons (Fsp3) is 0.182. The Morgan fingerprint density at radius 1 is 1.07 bits per heavy atom. The summed E-state index contributed by atoms with van der Waals surface area (Å²) in [5.41, 5.74) is 11.9. The third-order valence-electron chi connectivity index (χ3n) is 5.17. The van der Waals surface area contributed by atoms with Crippen LogP contribution in [0.5, 0.6) is 0 Å². The molecule has 6 heteroatoms. The first-order valence-corrected chi connectivity index (χ1v) is 9.39. The summed E-state index contributed by atoms with van der Waals surface area (Å²) in [6.07, 6.45) is 2.69. The number of benzene rings is 2. The summed E-state index contributed by atoms with van der Waals surface area (Å²) in [4.78, 5) is 10.3. The minimum Gasteiger partial charge on any atom is -0.382 e. The monoisotopic (exact) mass is 371 g/mol. The van der Waals surface area contributed by atoms with Crippen LogP contribution in [0, 0.1) is 6.92 Å². The van der Waals surface area contributed by atoms with Gasteiger partial charge in [0.25, 0.3) is 0 Å². The van der Waals surface area contributed by atoms with E-state index in [0.717, 1.165) is 29.0 Å². The van der Waals surface area contributed by atoms with Crippen LogP contribution in [0.4, 0.5) is 11.5 Å². The highest BCUT2D eigenvalue weighted by atomic mass is 16.7. The number of hydrogen-bond donors (Lipinski definition) is 1. The lowest BCUT2D eigenvalue weighted by Gasteiger charge is -2.27. The summed E-state index contributed by atoms with van der Waals surface area (Å²) in [7, 11) is 0. The first-order chi connectivity index (χ1) is 13.7. The van der Waals surface area contributed by atoms with Crippen molar-refractivity contribution in [3.05, 3.63) is 78.0 Å². The molecule has 2 aromatic carbocycles. The Morgan fingerprint density at radius 2 is 1.93 bits per heavy atom. The van der Waals surface area contributed by atoms with Crippen molar-refractivity contribution < 1.29 is 4.84 Å². The molecule has 0 bridgehead atoms. The number of rotatable bonds is 3. The van der Waals surface area contributed by atoms with Gasteiger partial charge in [0.1, 0.15) is 5.82 Å². The molecule has 0 radical (unpaired) electrons. The molecule has 0 amide bonds. The van der Waals surface area contributed by atoms with Crippen molar-refractivity contribution >= 4 is 17.2 Å². The maximum Gasteiger partial charge on any atom is 0.156 e. The smallest absolute Gasteiger partial charge is 0.156 e. The molecule has 0 aliphatic carbocycles. The third-order valence-corrected chi connectivity index (χ3v) is 5.17. The number of hydroxylamine groups is 1. The summed E-state index contributed by atoms with van der Waals surface area (Å²) in [5.74, 6) is 0.463. The van der Waals surface area contributed by atoms with Crippen LogP contribution < -0.4 is 10.8 Å². The highest BCUT2D eigenvalue weighted by Gasteiger charge is 2.29. The van der Waals surface area contributed by atoms with Gasteiger partial charge in [-0.3, -0.25) is 4.84 Å². The highest BCUT2D eigenvalue weighted by Crippen LogP contribution is 2.38. The van der Waals surface area contributed by atoms with Crippen molar-refractivity contribution in [1.29, 1.82) is 0 Å². The summed E-state index contributed by atoms with van der Waals surface area (Å²) in [6.45, 7) is 2.82. The molecule has 3 heterocycles. The number of imidazole rings is 1. The summed E-state index contributed by atoms with van der Waals surface area (Å²) in [5, 5.41) is 6.70. The predicted octanol–water partition coefficient (Wildman–Crippen LogP) is 4.17. The number of nitrogens with two attached hydrogens (primary N) is 1. The number of aryl methyl sites for hydroxylation is 1. The second-order valence-corrected chi connectivity index (χ2v) is 7.06. The molecule has 1 atom stereocenters. The van der Waals surface area contributed by atoms with Crippen molar-refractivity contribution in [1.82, 2.24) is 14.6 Å². The zero-order valence-electron chi connectivity index (χ0n) is 15.6. The molecule has 4 aromatic rings. The van der Waals surface area contributed by atoms with Crippen LogP contribution in [0.25, 0.3) is 16.9 Å². The van der Waals surface area contributed by atoms with E-state index in [1.54, 1.807) is 10.7 Å². The molecule has 1 aliphatic heterocycles. The van der Waals surface area contributed by atoms with Gasteiger partial charge >= 0.3 is 0 Å². The van der Waals surface area contributed by atoms with Gasteiger partial charge in [0.05, 0.1) is 30.2 Å². The van der Waals surface area contributed by atoms with E-state index in [1.807, 2.05) is 23.3 Å². The molecule has 6 nitrogen and oxygen atoms in total.